The molecule has 0 aliphatic heterocycles. The van der Waals surface area contributed by atoms with Gasteiger partial charge in [0.25, 0.3) is 0 Å². The summed E-state index contributed by atoms with van der Waals surface area (Å²) in [5, 5.41) is 5.17. The fourth-order valence-corrected chi connectivity index (χ4v) is 4.16. The summed E-state index contributed by atoms with van der Waals surface area (Å²) in [6, 6.07) is 20.1. The van der Waals surface area contributed by atoms with Gasteiger partial charge in [0.05, 0.1) is 11.6 Å². The monoisotopic (exact) mass is 491 g/mol. The Morgan fingerprint density at radius 1 is 0.844 bits per heavy atom. The molecule has 1 N–H and O–H groups in total. The average Bonchev–Trinajstić information content (AvgIpc) is 2.78. The second kappa shape index (κ2) is 12.4. The summed E-state index contributed by atoms with van der Waals surface area (Å²) in [4.78, 5) is 0. The van der Waals surface area contributed by atoms with Crippen LogP contribution in [0, 0.1) is 0 Å². The van der Waals surface area contributed by atoms with Crippen molar-refractivity contribution in [3.63, 3.8) is 0 Å². The standard InChI is InChI=1S/C26H28Cl3NO2/c1-3-31-25-15-20(16-30-18(2)12-13-19-8-5-4-6-9-19)14-24(29)26(25)32-17-21-22(27)10-7-11-23(21)28/h4-11,14-15,18,30H,3,12-13,16-17H2,1-2H3/t18-/m1/s1. The van der Waals surface area contributed by atoms with Crippen molar-refractivity contribution in [1.29, 1.82) is 0 Å². The van der Waals surface area contributed by atoms with Crippen molar-refractivity contribution < 1.29 is 9.47 Å². The number of hydrogen-bond acceptors (Lipinski definition) is 3. The maximum atomic E-state index is 6.57. The predicted octanol–water partition coefficient (Wildman–Crippen LogP) is 7.74. The second-order valence-electron chi connectivity index (χ2n) is 7.63. The van der Waals surface area contributed by atoms with E-state index in [-0.39, 0.29) is 6.61 Å². The van der Waals surface area contributed by atoms with Gasteiger partial charge in [0.1, 0.15) is 6.61 Å². The van der Waals surface area contributed by atoms with E-state index in [1.165, 1.54) is 5.56 Å². The molecule has 0 radical (unpaired) electrons. The summed E-state index contributed by atoms with van der Waals surface area (Å²) in [5.41, 5.74) is 3.10. The Morgan fingerprint density at radius 3 is 2.25 bits per heavy atom. The third-order valence-corrected chi connectivity index (χ3v) is 6.14. The predicted molar refractivity (Wildman–Crippen MR) is 134 cm³/mol. The van der Waals surface area contributed by atoms with Crippen LogP contribution in [0.2, 0.25) is 15.1 Å². The third kappa shape index (κ3) is 7.05. The highest BCUT2D eigenvalue weighted by Gasteiger charge is 2.15. The molecule has 3 rings (SSSR count). The molecule has 0 saturated heterocycles. The van der Waals surface area contributed by atoms with Gasteiger partial charge < -0.3 is 14.8 Å². The van der Waals surface area contributed by atoms with Gasteiger partial charge in [0.2, 0.25) is 0 Å². The van der Waals surface area contributed by atoms with Crippen LogP contribution in [0.4, 0.5) is 0 Å². The molecule has 3 aromatic rings. The number of rotatable bonds is 11. The number of hydrogen-bond donors (Lipinski definition) is 1. The Hall–Kier alpha value is -1.91. The Morgan fingerprint density at radius 2 is 1.56 bits per heavy atom. The van der Waals surface area contributed by atoms with E-state index in [0.29, 0.717) is 51.3 Å². The lowest BCUT2D eigenvalue weighted by Crippen LogP contribution is -2.26. The van der Waals surface area contributed by atoms with Gasteiger partial charge >= 0.3 is 0 Å². The quantitative estimate of drug-likeness (QED) is 0.297. The summed E-state index contributed by atoms with van der Waals surface area (Å²) in [6.07, 6.45) is 2.09. The maximum Gasteiger partial charge on any atom is 0.180 e. The lowest BCUT2D eigenvalue weighted by Gasteiger charge is -2.18. The number of halogens is 3. The molecular weight excluding hydrogens is 465 g/mol. The zero-order chi connectivity index (χ0) is 22.9. The number of ether oxygens (including phenoxy) is 2. The first kappa shape index (κ1) is 24.7. The second-order valence-corrected chi connectivity index (χ2v) is 8.85. The van der Waals surface area contributed by atoms with Gasteiger partial charge in [-0.15, -0.1) is 0 Å². The van der Waals surface area contributed by atoms with Crippen LogP contribution in [0.25, 0.3) is 0 Å². The molecule has 0 amide bonds. The fraction of sp³-hybridized carbons (Fsp3) is 0.308. The van der Waals surface area contributed by atoms with E-state index >= 15 is 0 Å². The van der Waals surface area contributed by atoms with Crippen molar-refractivity contribution in [3.05, 3.63) is 92.4 Å². The molecule has 1 atom stereocenters. The molecule has 0 heterocycles. The molecule has 0 aliphatic rings. The van der Waals surface area contributed by atoms with Crippen molar-refractivity contribution in [3.8, 4) is 11.5 Å². The first-order chi connectivity index (χ1) is 15.5. The zero-order valence-corrected chi connectivity index (χ0v) is 20.6. The first-order valence-electron chi connectivity index (χ1n) is 10.8. The van der Waals surface area contributed by atoms with Crippen molar-refractivity contribution in [2.45, 2.75) is 45.9 Å². The normalized spacial score (nSPS) is 11.9. The van der Waals surface area contributed by atoms with Gasteiger partial charge in [0.15, 0.2) is 11.5 Å². The van der Waals surface area contributed by atoms with Crippen LogP contribution in [-0.2, 0) is 19.6 Å². The van der Waals surface area contributed by atoms with Crippen molar-refractivity contribution in [2.75, 3.05) is 6.61 Å². The lowest BCUT2D eigenvalue weighted by atomic mass is 10.1. The third-order valence-electron chi connectivity index (χ3n) is 5.16. The Labute approximate surface area is 205 Å². The van der Waals surface area contributed by atoms with E-state index in [2.05, 4.69) is 36.5 Å². The number of benzene rings is 3. The van der Waals surface area contributed by atoms with E-state index in [9.17, 15) is 0 Å². The molecule has 3 nitrogen and oxygen atoms in total. The SMILES string of the molecule is CCOc1cc(CN[C@H](C)CCc2ccccc2)cc(Cl)c1OCc1c(Cl)cccc1Cl. The largest absolute Gasteiger partial charge is 0.490 e. The number of aryl methyl sites for hydroxylation is 1. The summed E-state index contributed by atoms with van der Waals surface area (Å²) in [6.45, 7) is 5.51. The molecule has 0 aliphatic carbocycles. The van der Waals surface area contributed by atoms with E-state index < -0.39 is 0 Å². The maximum absolute atomic E-state index is 6.57. The highest BCUT2D eigenvalue weighted by atomic mass is 35.5. The topological polar surface area (TPSA) is 30.5 Å². The van der Waals surface area contributed by atoms with Crippen LogP contribution in [-0.4, -0.2) is 12.6 Å². The van der Waals surface area contributed by atoms with Crippen molar-refractivity contribution in [2.24, 2.45) is 0 Å². The molecule has 0 spiro atoms. The molecule has 3 aromatic carbocycles. The highest BCUT2D eigenvalue weighted by Crippen LogP contribution is 2.38. The van der Waals surface area contributed by atoms with Gasteiger partial charge in [-0.3, -0.25) is 0 Å². The summed E-state index contributed by atoms with van der Waals surface area (Å²) in [7, 11) is 0. The van der Waals surface area contributed by atoms with E-state index in [4.69, 9.17) is 44.3 Å². The van der Waals surface area contributed by atoms with Crippen molar-refractivity contribution >= 4 is 34.8 Å². The van der Waals surface area contributed by atoms with Gasteiger partial charge in [-0.25, -0.2) is 0 Å². The summed E-state index contributed by atoms with van der Waals surface area (Å²) >= 11 is 19.1. The summed E-state index contributed by atoms with van der Waals surface area (Å²) < 4.78 is 11.8. The van der Waals surface area contributed by atoms with Gasteiger partial charge in [-0.1, -0.05) is 71.2 Å². The molecule has 0 bridgehead atoms. The van der Waals surface area contributed by atoms with E-state index in [1.807, 2.05) is 25.1 Å². The minimum Gasteiger partial charge on any atom is -0.490 e. The van der Waals surface area contributed by atoms with Crippen LogP contribution in [0.5, 0.6) is 11.5 Å². The van der Waals surface area contributed by atoms with Crippen LogP contribution < -0.4 is 14.8 Å². The molecule has 0 saturated carbocycles. The lowest BCUT2D eigenvalue weighted by molar-refractivity contribution is 0.269. The average molecular weight is 493 g/mol. The molecule has 170 valence electrons. The molecule has 0 unspecified atom stereocenters. The minimum atomic E-state index is 0.201. The van der Waals surface area contributed by atoms with Crippen molar-refractivity contribution in [1.82, 2.24) is 5.32 Å². The Bertz CT molecular complexity index is 991. The Kier molecular flexibility index (Phi) is 9.55. The van der Waals surface area contributed by atoms with E-state index in [0.717, 1.165) is 18.4 Å². The Balaban J connectivity index is 1.64. The van der Waals surface area contributed by atoms with Crippen LogP contribution in [0.3, 0.4) is 0 Å². The van der Waals surface area contributed by atoms with Gasteiger partial charge in [-0.05, 0) is 62.1 Å². The molecular formula is C26H28Cl3NO2. The van der Waals surface area contributed by atoms with E-state index in [1.54, 1.807) is 18.2 Å². The molecule has 0 aromatic heterocycles. The van der Waals surface area contributed by atoms with Gasteiger partial charge in [-0.2, -0.15) is 0 Å². The number of nitrogens with one attached hydrogen (secondary N) is 1. The van der Waals surface area contributed by atoms with Crippen LogP contribution in [0.1, 0.15) is 37.0 Å². The first-order valence-corrected chi connectivity index (χ1v) is 11.9. The fourth-order valence-electron chi connectivity index (χ4n) is 3.36. The van der Waals surface area contributed by atoms with Gasteiger partial charge in [0, 0.05) is 28.2 Å². The van der Waals surface area contributed by atoms with Crippen LogP contribution >= 0.6 is 34.8 Å². The molecule has 6 heteroatoms. The smallest absolute Gasteiger partial charge is 0.180 e. The zero-order valence-electron chi connectivity index (χ0n) is 18.3. The summed E-state index contributed by atoms with van der Waals surface area (Å²) in [5.74, 6) is 1.10. The highest BCUT2D eigenvalue weighted by molar-refractivity contribution is 6.36. The molecule has 0 fully saturated rings. The minimum absolute atomic E-state index is 0.201. The molecule has 32 heavy (non-hydrogen) atoms. The van der Waals surface area contributed by atoms with Crippen LogP contribution in [0.15, 0.2) is 60.7 Å².